The quantitative estimate of drug-likeness (QED) is 0.752. The monoisotopic (exact) mass is 368 g/mol. The molecular formula is C22H28N2O3. The van der Waals surface area contributed by atoms with E-state index >= 15 is 0 Å². The summed E-state index contributed by atoms with van der Waals surface area (Å²) >= 11 is 0. The fourth-order valence-electron chi connectivity index (χ4n) is 2.91. The first-order chi connectivity index (χ1) is 12.3. The van der Waals surface area contributed by atoms with Gasteiger partial charge in [0.1, 0.15) is 5.75 Å². The maximum Gasteiger partial charge on any atom is 0.255 e. The highest BCUT2D eigenvalue weighted by molar-refractivity contribution is 6.09. The molecule has 27 heavy (non-hydrogen) atoms. The van der Waals surface area contributed by atoms with Crippen LogP contribution in [-0.4, -0.2) is 16.9 Å². The molecule has 0 unspecified atom stereocenters. The molecule has 5 heteroatoms. The molecule has 0 aliphatic rings. The number of carbonyl (C=O) groups excluding carboxylic acids is 2. The Hall–Kier alpha value is -2.82. The summed E-state index contributed by atoms with van der Waals surface area (Å²) in [6.45, 7) is 11.9. The Labute approximate surface area is 160 Å². The Morgan fingerprint density at radius 1 is 0.926 bits per heavy atom. The average molecular weight is 368 g/mol. The zero-order valence-corrected chi connectivity index (χ0v) is 16.8. The molecule has 2 aromatic rings. The number of amides is 2. The number of anilines is 1. The Kier molecular flexibility index (Phi) is 5.36. The lowest BCUT2D eigenvalue weighted by molar-refractivity contribution is 0.100. The summed E-state index contributed by atoms with van der Waals surface area (Å²) in [4.78, 5) is 24.5. The van der Waals surface area contributed by atoms with Gasteiger partial charge in [0.05, 0.1) is 11.3 Å². The number of hydrogen-bond donors (Lipinski definition) is 3. The molecule has 0 aromatic heterocycles. The van der Waals surface area contributed by atoms with Gasteiger partial charge in [0, 0.05) is 16.7 Å². The van der Waals surface area contributed by atoms with E-state index in [1.54, 1.807) is 36.4 Å². The van der Waals surface area contributed by atoms with Crippen LogP contribution < -0.4 is 11.1 Å². The highest BCUT2D eigenvalue weighted by Gasteiger charge is 2.28. The fraction of sp³-hybridized carbons (Fsp3) is 0.364. The van der Waals surface area contributed by atoms with Crippen molar-refractivity contribution in [2.75, 3.05) is 5.32 Å². The van der Waals surface area contributed by atoms with E-state index in [0.29, 0.717) is 22.4 Å². The van der Waals surface area contributed by atoms with Crippen LogP contribution in [0.15, 0.2) is 36.4 Å². The number of rotatable bonds is 3. The van der Waals surface area contributed by atoms with Gasteiger partial charge in [0.2, 0.25) is 0 Å². The molecule has 2 amide bonds. The Morgan fingerprint density at radius 2 is 1.41 bits per heavy atom. The topological polar surface area (TPSA) is 92.4 Å². The van der Waals surface area contributed by atoms with E-state index in [4.69, 9.17) is 5.73 Å². The summed E-state index contributed by atoms with van der Waals surface area (Å²) in [6, 6.07) is 10.0. The van der Waals surface area contributed by atoms with Crippen LogP contribution in [0, 0.1) is 0 Å². The molecule has 4 N–H and O–H groups in total. The Morgan fingerprint density at radius 3 is 1.85 bits per heavy atom. The summed E-state index contributed by atoms with van der Waals surface area (Å²) < 4.78 is 0. The van der Waals surface area contributed by atoms with Crippen LogP contribution >= 0.6 is 0 Å². The first-order valence-electron chi connectivity index (χ1n) is 8.90. The SMILES string of the molecule is CC(C)(C)c1cc(C(=O)Nc2ccccc2C(N)=O)cc(C(C)(C)C)c1O. The average Bonchev–Trinajstić information content (AvgIpc) is 2.53. The molecule has 0 bridgehead atoms. The standard InChI is InChI=1S/C22H28N2O3/c1-21(2,3)15-11-13(12-16(18(15)25)22(4,5)6)20(27)24-17-10-8-7-9-14(17)19(23)26/h7-12,25H,1-6H3,(H2,23,26)(H,24,27). The van der Waals surface area contributed by atoms with Crippen LogP contribution in [0.1, 0.15) is 73.4 Å². The van der Waals surface area contributed by atoms with E-state index in [9.17, 15) is 14.7 Å². The van der Waals surface area contributed by atoms with Crippen LogP contribution in [-0.2, 0) is 10.8 Å². The summed E-state index contributed by atoms with van der Waals surface area (Å²) in [6.07, 6.45) is 0. The van der Waals surface area contributed by atoms with Crippen LogP contribution in [0.5, 0.6) is 5.75 Å². The number of nitrogens with one attached hydrogen (secondary N) is 1. The molecule has 144 valence electrons. The molecule has 2 aromatic carbocycles. The number of benzene rings is 2. The molecule has 0 saturated heterocycles. The lowest BCUT2D eigenvalue weighted by atomic mass is 9.78. The van der Waals surface area contributed by atoms with Gasteiger partial charge in [-0.1, -0.05) is 53.7 Å². The van der Waals surface area contributed by atoms with Gasteiger partial charge < -0.3 is 16.2 Å². The minimum absolute atomic E-state index is 0.212. The second-order valence-corrected chi connectivity index (χ2v) is 8.78. The molecule has 5 nitrogen and oxygen atoms in total. The Balaban J connectivity index is 2.55. The third kappa shape index (κ3) is 4.48. The van der Waals surface area contributed by atoms with E-state index in [1.807, 2.05) is 41.5 Å². The van der Waals surface area contributed by atoms with Gasteiger partial charge in [-0.05, 0) is 35.1 Å². The van der Waals surface area contributed by atoms with E-state index in [2.05, 4.69) is 5.32 Å². The van der Waals surface area contributed by atoms with Crippen molar-refractivity contribution in [2.24, 2.45) is 5.73 Å². The lowest BCUT2D eigenvalue weighted by Gasteiger charge is -2.28. The van der Waals surface area contributed by atoms with Crippen LogP contribution in [0.3, 0.4) is 0 Å². The van der Waals surface area contributed by atoms with Crippen molar-refractivity contribution >= 4 is 17.5 Å². The van der Waals surface area contributed by atoms with Gasteiger partial charge in [-0.3, -0.25) is 9.59 Å². The molecule has 0 radical (unpaired) electrons. The van der Waals surface area contributed by atoms with Crippen molar-refractivity contribution in [3.05, 3.63) is 58.7 Å². The third-order valence-electron chi connectivity index (χ3n) is 4.43. The van der Waals surface area contributed by atoms with Gasteiger partial charge in [0.15, 0.2) is 0 Å². The third-order valence-corrected chi connectivity index (χ3v) is 4.43. The van der Waals surface area contributed by atoms with E-state index in [1.165, 1.54) is 0 Å². The summed E-state index contributed by atoms with van der Waals surface area (Å²) in [7, 11) is 0. The van der Waals surface area contributed by atoms with Crippen molar-refractivity contribution in [3.63, 3.8) is 0 Å². The van der Waals surface area contributed by atoms with Crippen molar-refractivity contribution in [3.8, 4) is 5.75 Å². The molecule has 0 heterocycles. The number of para-hydroxylation sites is 1. The van der Waals surface area contributed by atoms with Crippen LogP contribution in [0.4, 0.5) is 5.69 Å². The van der Waals surface area contributed by atoms with Crippen molar-refractivity contribution in [2.45, 2.75) is 52.4 Å². The first kappa shape index (κ1) is 20.5. The largest absolute Gasteiger partial charge is 0.507 e. The summed E-state index contributed by atoms with van der Waals surface area (Å²) in [5, 5.41) is 13.5. The second kappa shape index (κ2) is 7.06. The van der Waals surface area contributed by atoms with E-state index in [0.717, 1.165) is 0 Å². The van der Waals surface area contributed by atoms with Gasteiger partial charge in [-0.15, -0.1) is 0 Å². The van der Waals surface area contributed by atoms with Gasteiger partial charge in [-0.25, -0.2) is 0 Å². The van der Waals surface area contributed by atoms with Gasteiger partial charge >= 0.3 is 0 Å². The summed E-state index contributed by atoms with van der Waals surface area (Å²) in [5.74, 6) is -0.758. The number of aromatic hydroxyl groups is 1. The zero-order chi connectivity index (χ0) is 20.6. The highest BCUT2D eigenvalue weighted by Crippen LogP contribution is 2.39. The molecule has 0 aliphatic heterocycles. The Bertz CT molecular complexity index is 852. The highest BCUT2D eigenvalue weighted by atomic mass is 16.3. The number of phenols is 1. The molecule has 2 rings (SSSR count). The number of carbonyl (C=O) groups is 2. The molecule has 0 saturated carbocycles. The minimum atomic E-state index is -0.609. The number of primary amides is 1. The molecule has 0 spiro atoms. The maximum atomic E-state index is 12.9. The van der Waals surface area contributed by atoms with Crippen LogP contribution in [0.2, 0.25) is 0 Å². The maximum absolute atomic E-state index is 12.9. The molecular weight excluding hydrogens is 340 g/mol. The normalized spacial score (nSPS) is 11.9. The van der Waals surface area contributed by atoms with Gasteiger partial charge in [-0.2, -0.15) is 0 Å². The smallest absolute Gasteiger partial charge is 0.255 e. The fourth-order valence-corrected chi connectivity index (χ4v) is 2.91. The van der Waals surface area contributed by atoms with E-state index in [-0.39, 0.29) is 28.1 Å². The predicted octanol–water partition coefficient (Wildman–Crippen LogP) is 4.34. The van der Waals surface area contributed by atoms with Crippen molar-refractivity contribution < 1.29 is 14.7 Å². The zero-order valence-electron chi connectivity index (χ0n) is 16.8. The number of hydrogen-bond acceptors (Lipinski definition) is 3. The number of nitrogens with two attached hydrogens (primary N) is 1. The molecule has 0 fully saturated rings. The number of phenolic OH excluding ortho intramolecular Hbond substituents is 1. The van der Waals surface area contributed by atoms with Gasteiger partial charge in [0.25, 0.3) is 11.8 Å². The van der Waals surface area contributed by atoms with Crippen molar-refractivity contribution in [1.29, 1.82) is 0 Å². The van der Waals surface area contributed by atoms with Crippen molar-refractivity contribution in [1.82, 2.24) is 0 Å². The summed E-state index contributed by atoms with van der Waals surface area (Å²) in [5.41, 5.74) is 7.12. The second-order valence-electron chi connectivity index (χ2n) is 8.78. The lowest BCUT2D eigenvalue weighted by Crippen LogP contribution is -2.22. The first-order valence-corrected chi connectivity index (χ1v) is 8.90. The van der Waals surface area contributed by atoms with Crippen LogP contribution in [0.25, 0.3) is 0 Å². The van der Waals surface area contributed by atoms with E-state index < -0.39 is 5.91 Å². The molecule has 0 aliphatic carbocycles. The minimum Gasteiger partial charge on any atom is -0.507 e. The predicted molar refractivity (Wildman–Crippen MR) is 108 cm³/mol. The molecule has 0 atom stereocenters.